The van der Waals surface area contributed by atoms with Crippen molar-refractivity contribution in [1.29, 1.82) is 0 Å². The molecule has 0 bridgehead atoms. The Morgan fingerprint density at radius 2 is 1.90 bits per heavy atom. The average molecular weight is 419 g/mol. The lowest BCUT2D eigenvalue weighted by atomic mass is 10.00. The summed E-state index contributed by atoms with van der Waals surface area (Å²) in [6, 6.07) is 6.45. The summed E-state index contributed by atoms with van der Waals surface area (Å²) in [7, 11) is 1.57. The molecular formula is C20H26N4O4S. The number of anilines is 1. The standard InChI is InChI=1S/C20H26N4O4S/c1-13(2)18(19(21)27)24(12-14-4-6-15(28-3)7-5-14)17(26)9-8-16(25)23-20-22-10-11-29-20/h4-7,10-11,13,18H,8-9,12H2,1-3H3,(H2,21,27)(H,22,23,25). The zero-order chi connectivity index (χ0) is 21.4. The maximum atomic E-state index is 12.9. The molecule has 1 aromatic carbocycles. The van der Waals surface area contributed by atoms with Crippen molar-refractivity contribution >= 4 is 34.2 Å². The molecule has 0 saturated heterocycles. The number of carbonyl (C=O) groups excluding carboxylic acids is 3. The van der Waals surface area contributed by atoms with Gasteiger partial charge in [-0.05, 0) is 23.6 Å². The number of amides is 3. The van der Waals surface area contributed by atoms with Crippen LogP contribution in [0.2, 0.25) is 0 Å². The highest BCUT2D eigenvalue weighted by atomic mass is 32.1. The summed E-state index contributed by atoms with van der Waals surface area (Å²) in [5.41, 5.74) is 6.41. The number of methoxy groups -OCH3 is 1. The number of carbonyl (C=O) groups is 3. The van der Waals surface area contributed by atoms with Crippen LogP contribution < -0.4 is 15.8 Å². The first-order valence-electron chi connectivity index (χ1n) is 9.23. The first kappa shape index (κ1) is 22.4. The summed E-state index contributed by atoms with van der Waals surface area (Å²) in [6.07, 6.45) is 1.53. The molecule has 1 heterocycles. The first-order valence-corrected chi connectivity index (χ1v) is 10.1. The van der Waals surface area contributed by atoms with Gasteiger partial charge in [-0.2, -0.15) is 0 Å². The quantitative estimate of drug-likeness (QED) is 0.615. The van der Waals surface area contributed by atoms with Crippen LogP contribution in [-0.2, 0) is 20.9 Å². The fourth-order valence-corrected chi connectivity index (χ4v) is 3.49. The van der Waals surface area contributed by atoms with E-state index >= 15 is 0 Å². The van der Waals surface area contributed by atoms with Crippen molar-refractivity contribution in [3.05, 3.63) is 41.4 Å². The molecule has 9 heteroatoms. The number of hydrogen-bond acceptors (Lipinski definition) is 6. The largest absolute Gasteiger partial charge is 0.497 e. The molecule has 8 nitrogen and oxygen atoms in total. The molecule has 1 unspecified atom stereocenters. The Kier molecular flexibility index (Phi) is 8.14. The van der Waals surface area contributed by atoms with Gasteiger partial charge >= 0.3 is 0 Å². The van der Waals surface area contributed by atoms with E-state index in [4.69, 9.17) is 10.5 Å². The number of benzene rings is 1. The van der Waals surface area contributed by atoms with Gasteiger partial charge in [-0.15, -0.1) is 11.3 Å². The van der Waals surface area contributed by atoms with Crippen LogP contribution in [0.1, 0.15) is 32.3 Å². The number of nitrogens with one attached hydrogen (secondary N) is 1. The van der Waals surface area contributed by atoms with E-state index in [1.165, 1.54) is 16.2 Å². The van der Waals surface area contributed by atoms with Gasteiger partial charge in [0, 0.05) is 31.0 Å². The molecule has 2 aromatic rings. The van der Waals surface area contributed by atoms with Crippen LogP contribution in [0.15, 0.2) is 35.8 Å². The second-order valence-electron chi connectivity index (χ2n) is 6.85. The highest BCUT2D eigenvalue weighted by Gasteiger charge is 2.31. The number of primary amides is 1. The summed E-state index contributed by atoms with van der Waals surface area (Å²) in [4.78, 5) is 42.5. The van der Waals surface area contributed by atoms with Crippen molar-refractivity contribution in [2.75, 3.05) is 12.4 Å². The van der Waals surface area contributed by atoms with Gasteiger partial charge in [0.1, 0.15) is 11.8 Å². The van der Waals surface area contributed by atoms with Gasteiger partial charge in [-0.25, -0.2) is 4.98 Å². The number of rotatable bonds is 10. The van der Waals surface area contributed by atoms with E-state index in [1.807, 2.05) is 26.0 Å². The lowest BCUT2D eigenvalue weighted by molar-refractivity contribution is -0.142. The van der Waals surface area contributed by atoms with Crippen LogP contribution in [0.3, 0.4) is 0 Å². The van der Waals surface area contributed by atoms with Crippen LogP contribution in [0.4, 0.5) is 5.13 Å². The molecule has 29 heavy (non-hydrogen) atoms. The van der Waals surface area contributed by atoms with E-state index in [0.29, 0.717) is 10.9 Å². The minimum absolute atomic E-state index is 0.0128. The topological polar surface area (TPSA) is 115 Å². The molecule has 156 valence electrons. The Bertz CT molecular complexity index is 822. The minimum Gasteiger partial charge on any atom is -0.497 e. The Labute approximate surface area is 174 Å². The fraction of sp³-hybridized carbons (Fsp3) is 0.400. The van der Waals surface area contributed by atoms with Gasteiger partial charge < -0.3 is 20.7 Å². The number of ether oxygens (including phenoxy) is 1. The molecular weight excluding hydrogens is 392 g/mol. The van der Waals surface area contributed by atoms with E-state index in [1.54, 1.807) is 30.8 Å². The number of thiazole rings is 1. The fourth-order valence-electron chi connectivity index (χ4n) is 2.94. The second kappa shape index (κ2) is 10.6. The first-order chi connectivity index (χ1) is 13.8. The van der Waals surface area contributed by atoms with Crippen molar-refractivity contribution in [2.45, 2.75) is 39.3 Å². The predicted octanol–water partition coefficient (Wildman–Crippen LogP) is 2.41. The van der Waals surface area contributed by atoms with E-state index in [-0.39, 0.29) is 37.1 Å². The summed E-state index contributed by atoms with van der Waals surface area (Å²) >= 11 is 1.30. The van der Waals surface area contributed by atoms with Crippen LogP contribution in [0.5, 0.6) is 5.75 Å². The van der Waals surface area contributed by atoms with Gasteiger partial charge in [0.15, 0.2) is 5.13 Å². The van der Waals surface area contributed by atoms with Crippen molar-refractivity contribution < 1.29 is 19.1 Å². The maximum Gasteiger partial charge on any atom is 0.240 e. The third-order valence-corrected chi connectivity index (χ3v) is 5.02. The van der Waals surface area contributed by atoms with Crippen LogP contribution in [0, 0.1) is 5.92 Å². The molecule has 1 atom stereocenters. The lowest BCUT2D eigenvalue weighted by Crippen LogP contribution is -2.50. The molecule has 3 amide bonds. The van der Waals surface area contributed by atoms with Crippen molar-refractivity contribution in [2.24, 2.45) is 11.7 Å². The van der Waals surface area contributed by atoms with E-state index in [9.17, 15) is 14.4 Å². The highest BCUT2D eigenvalue weighted by molar-refractivity contribution is 7.13. The van der Waals surface area contributed by atoms with E-state index in [0.717, 1.165) is 5.56 Å². The molecule has 0 aliphatic rings. The molecule has 0 aliphatic carbocycles. The van der Waals surface area contributed by atoms with Crippen molar-refractivity contribution in [1.82, 2.24) is 9.88 Å². The summed E-state index contributed by atoms with van der Waals surface area (Å²) in [6.45, 7) is 3.88. The molecule has 0 radical (unpaired) electrons. The Hall–Kier alpha value is -2.94. The Morgan fingerprint density at radius 1 is 1.21 bits per heavy atom. The molecule has 0 spiro atoms. The van der Waals surface area contributed by atoms with E-state index < -0.39 is 11.9 Å². The van der Waals surface area contributed by atoms with Crippen molar-refractivity contribution in [3.8, 4) is 5.75 Å². The summed E-state index contributed by atoms with van der Waals surface area (Å²) < 4.78 is 5.15. The van der Waals surface area contributed by atoms with Crippen LogP contribution >= 0.6 is 11.3 Å². The van der Waals surface area contributed by atoms with Crippen LogP contribution in [-0.4, -0.2) is 40.8 Å². The van der Waals surface area contributed by atoms with Gasteiger partial charge in [-0.3, -0.25) is 14.4 Å². The number of aromatic nitrogens is 1. The zero-order valence-corrected chi connectivity index (χ0v) is 17.6. The number of nitrogens with two attached hydrogens (primary N) is 1. The second-order valence-corrected chi connectivity index (χ2v) is 7.74. The number of nitrogens with zero attached hydrogens (tertiary/aromatic N) is 2. The number of hydrogen-bond donors (Lipinski definition) is 2. The Balaban J connectivity index is 2.10. The molecule has 2 rings (SSSR count). The Morgan fingerprint density at radius 3 is 2.41 bits per heavy atom. The maximum absolute atomic E-state index is 12.9. The molecule has 0 saturated carbocycles. The third-order valence-electron chi connectivity index (χ3n) is 4.34. The van der Waals surface area contributed by atoms with E-state index in [2.05, 4.69) is 10.3 Å². The zero-order valence-electron chi connectivity index (χ0n) is 16.8. The SMILES string of the molecule is COc1ccc(CN(C(=O)CCC(=O)Nc2nccs2)C(C(N)=O)C(C)C)cc1. The normalized spacial score (nSPS) is 11.7. The third kappa shape index (κ3) is 6.56. The average Bonchev–Trinajstić information content (AvgIpc) is 3.18. The molecule has 0 fully saturated rings. The minimum atomic E-state index is -0.772. The monoisotopic (exact) mass is 418 g/mol. The predicted molar refractivity (Wildman–Crippen MR) is 111 cm³/mol. The highest BCUT2D eigenvalue weighted by Crippen LogP contribution is 2.19. The molecule has 0 aliphatic heterocycles. The smallest absolute Gasteiger partial charge is 0.240 e. The van der Waals surface area contributed by atoms with Gasteiger partial charge in [0.2, 0.25) is 17.7 Å². The lowest BCUT2D eigenvalue weighted by Gasteiger charge is -2.32. The van der Waals surface area contributed by atoms with Gasteiger partial charge in [0.05, 0.1) is 7.11 Å². The van der Waals surface area contributed by atoms with Gasteiger partial charge in [0.25, 0.3) is 0 Å². The van der Waals surface area contributed by atoms with Gasteiger partial charge in [-0.1, -0.05) is 26.0 Å². The summed E-state index contributed by atoms with van der Waals surface area (Å²) in [5.74, 6) is -0.667. The summed E-state index contributed by atoms with van der Waals surface area (Å²) in [5, 5.41) is 4.87. The van der Waals surface area contributed by atoms with Crippen LogP contribution in [0.25, 0.3) is 0 Å². The van der Waals surface area contributed by atoms with Crippen molar-refractivity contribution in [3.63, 3.8) is 0 Å². The molecule has 3 N–H and O–H groups in total. The molecule has 1 aromatic heterocycles.